The van der Waals surface area contributed by atoms with Gasteiger partial charge >= 0.3 is 0 Å². The van der Waals surface area contributed by atoms with Crippen molar-refractivity contribution in [2.45, 2.75) is 25.3 Å². The molecule has 2 aromatic heterocycles. The molecule has 1 aliphatic rings. The van der Waals surface area contributed by atoms with Crippen LogP contribution in [0.1, 0.15) is 36.0 Å². The Balaban J connectivity index is 1.37. The van der Waals surface area contributed by atoms with E-state index in [4.69, 9.17) is 0 Å². The molecular weight excluding hydrogens is 355 g/mol. The van der Waals surface area contributed by atoms with Crippen LogP contribution >= 0.6 is 0 Å². The van der Waals surface area contributed by atoms with Gasteiger partial charge < -0.3 is 9.13 Å². The van der Waals surface area contributed by atoms with Crippen LogP contribution in [0, 0.1) is 5.82 Å². The lowest BCUT2D eigenvalue weighted by Crippen LogP contribution is -2.35. The maximum Gasteiger partial charge on any atom is 0.152 e. The van der Waals surface area contributed by atoms with Crippen LogP contribution in [0.2, 0.25) is 0 Å². The first kappa shape index (κ1) is 18.6. The predicted octanol–water partition coefficient (Wildman–Crippen LogP) is 3.09. The van der Waals surface area contributed by atoms with E-state index in [9.17, 15) is 4.39 Å². The molecule has 1 aliphatic heterocycles. The molecule has 1 saturated heterocycles. The zero-order valence-corrected chi connectivity index (χ0v) is 16.1. The molecule has 1 fully saturated rings. The minimum Gasteiger partial charge on any atom is -0.330 e. The maximum atomic E-state index is 13.0. The first-order valence-corrected chi connectivity index (χ1v) is 9.67. The fourth-order valence-electron chi connectivity index (χ4n) is 3.76. The second-order valence-electron chi connectivity index (χ2n) is 7.32. The summed E-state index contributed by atoms with van der Waals surface area (Å²) in [5.41, 5.74) is 1.02. The minimum atomic E-state index is -0.202. The number of likely N-dealkylation sites (tertiary alicyclic amines) is 1. The van der Waals surface area contributed by atoms with Crippen LogP contribution in [0.3, 0.4) is 0 Å². The Kier molecular flexibility index (Phi) is 5.62. The molecule has 0 bridgehead atoms. The predicted molar refractivity (Wildman–Crippen MR) is 106 cm³/mol. The van der Waals surface area contributed by atoms with Crippen molar-refractivity contribution in [1.82, 2.24) is 29.2 Å². The number of piperidine rings is 1. The van der Waals surface area contributed by atoms with Gasteiger partial charge in [-0.05, 0) is 37.1 Å². The monoisotopic (exact) mass is 380 g/mol. The van der Waals surface area contributed by atoms with Crippen molar-refractivity contribution in [2.75, 3.05) is 19.6 Å². The Morgan fingerprint density at radius 2 is 2.07 bits per heavy atom. The Hall–Kier alpha value is -2.80. The maximum absolute atomic E-state index is 13.0. The molecule has 1 aromatic carbocycles. The van der Waals surface area contributed by atoms with Gasteiger partial charge in [-0.1, -0.05) is 24.3 Å². The van der Waals surface area contributed by atoms with Gasteiger partial charge in [-0.2, -0.15) is 0 Å². The quantitative estimate of drug-likeness (QED) is 0.659. The number of halogens is 1. The van der Waals surface area contributed by atoms with E-state index in [0.29, 0.717) is 12.5 Å². The van der Waals surface area contributed by atoms with Gasteiger partial charge in [-0.15, -0.1) is 10.2 Å². The third-order valence-electron chi connectivity index (χ3n) is 5.30. The van der Waals surface area contributed by atoms with E-state index in [0.717, 1.165) is 49.7 Å². The fourth-order valence-corrected chi connectivity index (χ4v) is 3.76. The second kappa shape index (κ2) is 8.48. The lowest BCUT2D eigenvalue weighted by Gasteiger charge is -2.31. The molecule has 0 amide bonds. The number of rotatable bonds is 6. The van der Waals surface area contributed by atoms with Gasteiger partial charge in [0, 0.05) is 38.4 Å². The summed E-state index contributed by atoms with van der Waals surface area (Å²) in [6.07, 6.45) is 12.0. The van der Waals surface area contributed by atoms with Crippen molar-refractivity contribution in [2.24, 2.45) is 7.05 Å². The number of nitrogens with zero attached hydrogens (tertiary/aromatic N) is 6. The summed E-state index contributed by atoms with van der Waals surface area (Å²) < 4.78 is 17.1. The summed E-state index contributed by atoms with van der Waals surface area (Å²) in [6, 6.07) is 6.58. The van der Waals surface area contributed by atoms with Crippen LogP contribution in [0.15, 0.2) is 49.1 Å². The molecule has 146 valence electrons. The molecule has 1 atom stereocenters. The Morgan fingerprint density at radius 1 is 1.21 bits per heavy atom. The smallest absolute Gasteiger partial charge is 0.152 e. The van der Waals surface area contributed by atoms with Gasteiger partial charge in [0.2, 0.25) is 0 Å². The van der Waals surface area contributed by atoms with E-state index in [-0.39, 0.29) is 5.82 Å². The zero-order chi connectivity index (χ0) is 19.3. The van der Waals surface area contributed by atoms with E-state index in [1.807, 2.05) is 10.8 Å². The van der Waals surface area contributed by atoms with Crippen molar-refractivity contribution in [3.05, 3.63) is 72.1 Å². The normalized spacial score (nSPS) is 18.1. The molecule has 0 saturated carbocycles. The van der Waals surface area contributed by atoms with E-state index in [1.165, 1.54) is 12.1 Å². The van der Waals surface area contributed by atoms with Crippen LogP contribution < -0.4 is 0 Å². The summed E-state index contributed by atoms with van der Waals surface area (Å²) in [6.45, 7) is 3.63. The molecule has 0 radical (unpaired) electrons. The third-order valence-corrected chi connectivity index (χ3v) is 5.30. The van der Waals surface area contributed by atoms with E-state index in [2.05, 4.69) is 43.8 Å². The van der Waals surface area contributed by atoms with Crippen molar-refractivity contribution in [3.8, 4) is 0 Å². The first-order chi connectivity index (χ1) is 13.7. The third kappa shape index (κ3) is 4.36. The molecule has 28 heavy (non-hydrogen) atoms. The van der Waals surface area contributed by atoms with Crippen LogP contribution in [-0.2, 0) is 13.6 Å². The lowest BCUT2D eigenvalue weighted by atomic mass is 9.97. The Labute approximate surface area is 164 Å². The minimum absolute atomic E-state index is 0.202. The lowest BCUT2D eigenvalue weighted by molar-refractivity contribution is 0.222. The topological polar surface area (TPSA) is 51.8 Å². The Bertz CT molecular complexity index is 913. The van der Waals surface area contributed by atoms with Gasteiger partial charge in [-0.3, -0.25) is 4.90 Å². The summed E-state index contributed by atoms with van der Waals surface area (Å²) in [5.74, 6) is 2.19. The Morgan fingerprint density at radius 3 is 2.86 bits per heavy atom. The van der Waals surface area contributed by atoms with E-state index >= 15 is 0 Å². The number of hydrogen-bond acceptors (Lipinski definition) is 4. The van der Waals surface area contributed by atoms with Crippen LogP contribution in [0.4, 0.5) is 4.39 Å². The highest BCUT2D eigenvalue weighted by molar-refractivity contribution is 5.48. The second-order valence-corrected chi connectivity index (χ2v) is 7.32. The molecule has 0 N–H and O–H groups in total. The average Bonchev–Trinajstić information content (AvgIpc) is 3.34. The molecule has 4 rings (SSSR count). The summed E-state index contributed by atoms with van der Waals surface area (Å²) in [7, 11) is 2.05. The van der Waals surface area contributed by atoms with Crippen LogP contribution in [-0.4, -0.2) is 48.8 Å². The number of benzene rings is 1. The van der Waals surface area contributed by atoms with E-state index < -0.39 is 0 Å². The summed E-state index contributed by atoms with van der Waals surface area (Å²) in [5, 5.41) is 8.89. The summed E-state index contributed by atoms with van der Waals surface area (Å²) in [4.78, 5) is 6.53. The number of imidazole rings is 1. The number of aromatic nitrogens is 5. The SMILES string of the molecule is Cn1c(Cn2ccnc2)nnc1C1CCCN(CC=Cc2ccc(F)cc2)C1. The van der Waals surface area contributed by atoms with Gasteiger partial charge in [0.15, 0.2) is 5.82 Å². The van der Waals surface area contributed by atoms with Crippen molar-refractivity contribution >= 4 is 6.08 Å². The van der Waals surface area contributed by atoms with Gasteiger partial charge in [0.25, 0.3) is 0 Å². The molecule has 1 unspecified atom stereocenters. The highest BCUT2D eigenvalue weighted by Crippen LogP contribution is 2.25. The van der Waals surface area contributed by atoms with Crippen molar-refractivity contribution in [1.29, 1.82) is 0 Å². The average molecular weight is 380 g/mol. The number of hydrogen-bond donors (Lipinski definition) is 0. The van der Waals surface area contributed by atoms with Crippen molar-refractivity contribution < 1.29 is 4.39 Å². The van der Waals surface area contributed by atoms with Crippen LogP contribution in [0.5, 0.6) is 0 Å². The van der Waals surface area contributed by atoms with Crippen LogP contribution in [0.25, 0.3) is 6.08 Å². The fraction of sp³-hybridized carbons (Fsp3) is 0.381. The molecule has 3 aromatic rings. The molecule has 3 heterocycles. The largest absolute Gasteiger partial charge is 0.330 e. The molecule has 6 nitrogen and oxygen atoms in total. The van der Waals surface area contributed by atoms with Gasteiger partial charge in [0.05, 0.1) is 12.9 Å². The molecule has 0 aliphatic carbocycles. The summed E-state index contributed by atoms with van der Waals surface area (Å²) >= 11 is 0. The molecule has 0 spiro atoms. The van der Waals surface area contributed by atoms with Gasteiger partial charge in [-0.25, -0.2) is 9.37 Å². The zero-order valence-electron chi connectivity index (χ0n) is 16.1. The van der Waals surface area contributed by atoms with Gasteiger partial charge in [0.1, 0.15) is 11.6 Å². The first-order valence-electron chi connectivity index (χ1n) is 9.67. The standard InChI is InChI=1S/C21H25FN6/c1-26-20(15-28-13-10-23-16-28)24-25-21(26)18-5-3-12-27(14-18)11-2-4-17-6-8-19(22)9-7-17/h2,4,6-10,13,16,18H,3,5,11-12,14-15H2,1H3. The highest BCUT2D eigenvalue weighted by Gasteiger charge is 2.25. The molecular formula is C21H25FN6. The molecule has 7 heteroatoms. The van der Waals surface area contributed by atoms with E-state index in [1.54, 1.807) is 24.7 Å². The highest BCUT2D eigenvalue weighted by atomic mass is 19.1. The van der Waals surface area contributed by atoms with Crippen molar-refractivity contribution in [3.63, 3.8) is 0 Å².